The number of nitrogens with one attached hydrogen (secondary N) is 2. The molecule has 4 nitrogen and oxygen atoms in total. The molecule has 0 radical (unpaired) electrons. The second-order valence-electron chi connectivity index (χ2n) is 6.87. The highest BCUT2D eigenvalue weighted by molar-refractivity contribution is 5.89. The van der Waals surface area contributed by atoms with Gasteiger partial charge in [-0.3, -0.25) is 0 Å². The maximum atomic E-state index is 12.1. The van der Waals surface area contributed by atoms with Crippen molar-refractivity contribution in [3.8, 4) is 5.75 Å². The molecule has 0 atom stereocenters. The number of amides is 2. The average Bonchev–Trinajstić information content (AvgIpc) is 2.61. The molecule has 0 unspecified atom stereocenters. The van der Waals surface area contributed by atoms with E-state index in [1.165, 1.54) is 11.1 Å². The average molecular weight is 338 g/mol. The van der Waals surface area contributed by atoms with E-state index >= 15 is 0 Å². The summed E-state index contributed by atoms with van der Waals surface area (Å²) in [7, 11) is 0. The zero-order valence-electron chi connectivity index (χ0n) is 14.9. The SMILES string of the molecule is Cc1ccc(NC(=O)N[C@H]2CC[C@H](Oc3ccc(C)cc3)CC2)cc1. The van der Waals surface area contributed by atoms with Gasteiger partial charge in [0, 0.05) is 11.7 Å². The first-order valence-electron chi connectivity index (χ1n) is 8.96. The zero-order chi connectivity index (χ0) is 17.6. The molecule has 0 aromatic heterocycles. The van der Waals surface area contributed by atoms with Crippen molar-refractivity contribution in [1.82, 2.24) is 5.32 Å². The van der Waals surface area contributed by atoms with Crippen LogP contribution in [0.2, 0.25) is 0 Å². The minimum absolute atomic E-state index is 0.133. The molecule has 0 heterocycles. The molecule has 1 fully saturated rings. The lowest BCUT2D eigenvalue weighted by Crippen LogP contribution is -2.41. The van der Waals surface area contributed by atoms with Gasteiger partial charge in [0.2, 0.25) is 0 Å². The Hall–Kier alpha value is -2.49. The predicted molar refractivity (Wildman–Crippen MR) is 101 cm³/mol. The summed E-state index contributed by atoms with van der Waals surface area (Å²) in [6.45, 7) is 4.10. The Bertz CT molecular complexity index is 687. The number of aryl methyl sites for hydroxylation is 2. The lowest BCUT2D eigenvalue weighted by molar-refractivity contribution is 0.141. The third-order valence-corrected chi connectivity index (χ3v) is 4.64. The smallest absolute Gasteiger partial charge is 0.319 e. The van der Waals surface area contributed by atoms with Crippen LogP contribution in [0, 0.1) is 13.8 Å². The summed E-state index contributed by atoms with van der Waals surface area (Å²) < 4.78 is 6.04. The molecule has 2 amide bonds. The molecule has 1 aliphatic rings. The van der Waals surface area contributed by atoms with Crippen LogP contribution in [-0.4, -0.2) is 18.2 Å². The molecule has 25 heavy (non-hydrogen) atoms. The Morgan fingerprint density at radius 1 is 0.880 bits per heavy atom. The van der Waals surface area contributed by atoms with Gasteiger partial charge < -0.3 is 15.4 Å². The molecule has 0 bridgehead atoms. The van der Waals surface area contributed by atoms with Crippen molar-refractivity contribution in [2.24, 2.45) is 0 Å². The van der Waals surface area contributed by atoms with E-state index < -0.39 is 0 Å². The second kappa shape index (κ2) is 8.06. The molecule has 2 N–H and O–H groups in total. The molecule has 1 saturated carbocycles. The summed E-state index contributed by atoms with van der Waals surface area (Å²) >= 11 is 0. The topological polar surface area (TPSA) is 50.4 Å². The normalized spacial score (nSPS) is 19.9. The largest absolute Gasteiger partial charge is 0.490 e. The van der Waals surface area contributed by atoms with Gasteiger partial charge in [-0.2, -0.15) is 0 Å². The van der Waals surface area contributed by atoms with Gasteiger partial charge >= 0.3 is 6.03 Å². The van der Waals surface area contributed by atoms with E-state index in [0.717, 1.165) is 37.1 Å². The van der Waals surface area contributed by atoms with Gasteiger partial charge in [-0.15, -0.1) is 0 Å². The number of benzene rings is 2. The van der Waals surface area contributed by atoms with Crippen LogP contribution in [0.5, 0.6) is 5.75 Å². The van der Waals surface area contributed by atoms with Crippen molar-refractivity contribution in [2.45, 2.75) is 51.7 Å². The van der Waals surface area contributed by atoms with E-state index in [-0.39, 0.29) is 18.2 Å². The van der Waals surface area contributed by atoms with Crippen LogP contribution in [-0.2, 0) is 0 Å². The Morgan fingerprint density at radius 3 is 2.04 bits per heavy atom. The van der Waals surface area contributed by atoms with Crippen molar-refractivity contribution in [3.05, 3.63) is 59.7 Å². The first kappa shape index (κ1) is 17.3. The van der Waals surface area contributed by atoms with Gasteiger partial charge in [0.25, 0.3) is 0 Å². The number of hydrogen-bond acceptors (Lipinski definition) is 2. The van der Waals surface area contributed by atoms with E-state index in [0.29, 0.717) is 0 Å². The minimum Gasteiger partial charge on any atom is -0.490 e. The van der Waals surface area contributed by atoms with Crippen LogP contribution in [0.4, 0.5) is 10.5 Å². The summed E-state index contributed by atoms with van der Waals surface area (Å²) in [5.41, 5.74) is 3.23. The van der Waals surface area contributed by atoms with Gasteiger partial charge in [-0.05, 0) is 63.8 Å². The first-order chi connectivity index (χ1) is 12.1. The van der Waals surface area contributed by atoms with E-state index in [9.17, 15) is 4.79 Å². The monoisotopic (exact) mass is 338 g/mol. The third-order valence-electron chi connectivity index (χ3n) is 4.64. The Morgan fingerprint density at radius 2 is 1.44 bits per heavy atom. The molecule has 4 heteroatoms. The summed E-state index contributed by atoms with van der Waals surface area (Å²) in [4.78, 5) is 12.1. The summed E-state index contributed by atoms with van der Waals surface area (Å²) in [6.07, 6.45) is 4.04. The lowest BCUT2D eigenvalue weighted by Gasteiger charge is -2.29. The Kier molecular flexibility index (Phi) is 5.59. The second-order valence-corrected chi connectivity index (χ2v) is 6.87. The number of carbonyl (C=O) groups is 1. The van der Waals surface area contributed by atoms with Crippen molar-refractivity contribution in [2.75, 3.05) is 5.32 Å². The molecule has 2 aromatic carbocycles. The number of ether oxygens (including phenoxy) is 1. The van der Waals surface area contributed by atoms with Gasteiger partial charge in [-0.25, -0.2) is 4.79 Å². The lowest BCUT2D eigenvalue weighted by atomic mass is 9.93. The van der Waals surface area contributed by atoms with Crippen molar-refractivity contribution in [3.63, 3.8) is 0 Å². The fraction of sp³-hybridized carbons (Fsp3) is 0.381. The van der Waals surface area contributed by atoms with E-state index in [2.05, 4.69) is 29.7 Å². The van der Waals surface area contributed by atoms with Gasteiger partial charge in [0.1, 0.15) is 5.75 Å². The van der Waals surface area contributed by atoms with E-state index in [4.69, 9.17) is 4.74 Å². The van der Waals surface area contributed by atoms with Crippen molar-refractivity contribution >= 4 is 11.7 Å². The molecule has 0 saturated heterocycles. The number of urea groups is 1. The Balaban J connectivity index is 1.42. The number of anilines is 1. The molecule has 1 aliphatic carbocycles. The fourth-order valence-electron chi connectivity index (χ4n) is 3.12. The molecule has 0 aliphatic heterocycles. The molecule has 132 valence electrons. The maximum absolute atomic E-state index is 12.1. The van der Waals surface area contributed by atoms with Crippen LogP contribution in [0.1, 0.15) is 36.8 Å². The molecular weight excluding hydrogens is 312 g/mol. The molecular formula is C21H26N2O2. The zero-order valence-corrected chi connectivity index (χ0v) is 14.9. The van der Waals surface area contributed by atoms with Crippen molar-refractivity contribution in [1.29, 1.82) is 0 Å². The van der Waals surface area contributed by atoms with Crippen molar-refractivity contribution < 1.29 is 9.53 Å². The molecule has 2 aromatic rings. The highest BCUT2D eigenvalue weighted by Crippen LogP contribution is 2.24. The quantitative estimate of drug-likeness (QED) is 0.840. The number of carbonyl (C=O) groups excluding carboxylic acids is 1. The van der Waals surface area contributed by atoms with E-state index in [1.807, 2.05) is 43.3 Å². The van der Waals surface area contributed by atoms with Crippen LogP contribution in [0.25, 0.3) is 0 Å². The number of rotatable bonds is 4. The summed E-state index contributed by atoms with van der Waals surface area (Å²) in [6, 6.07) is 16.1. The molecule has 3 rings (SSSR count). The van der Waals surface area contributed by atoms with Gasteiger partial charge in [-0.1, -0.05) is 35.4 Å². The van der Waals surface area contributed by atoms with Crippen LogP contribution in [0.3, 0.4) is 0 Å². The third kappa shape index (κ3) is 5.24. The highest BCUT2D eigenvalue weighted by atomic mass is 16.5. The van der Waals surface area contributed by atoms with Crippen LogP contribution >= 0.6 is 0 Å². The van der Waals surface area contributed by atoms with Gasteiger partial charge in [0.15, 0.2) is 0 Å². The summed E-state index contributed by atoms with van der Waals surface area (Å²) in [5, 5.41) is 5.96. The highest BCUT2D eigenvalue weighted by Gasteiger charge is 2.23. The summed E-state index contributed by atoms with van der Waals surface area (Å²) in [5.74, 6) is 0.930. The van der Waals surface area contributed by atoms with Crippen LogP contribution < -0.4 is 15.4 Å². The maximum Gasteiger partial charge on any atom is 0.319 e. The fourth-order valence-corrected chi connectivity index (χ4v) is 3.12. The predicted octanol–water partition coefficient (Wildman–Crippen LogP) is 4.82. The van der Waals surface area contributed by atoms with Gasteiger partial charge in [0.05, 0.1) is 6.10 Å². The first-order valence-corrected chi connectivity index (χ1v) is 8.96. The Labute approximate surface area is 149 Å². The molecule has 0 spiro atoms. The number of hydrogen-bond donors (Lipinski definition) is 2. The van der Waals surface area contributed by atoms with Crippen LogP contribution in [0.15, 0.2) is 48.5 Å². The van der Waals surface area contributed by atoms with E-state index in [1.54, 1.807) is 0 Å². The minimum atomic E-state index is -0.133. The standard InChI is InChI=1S/C21H26N2O2/c1-15-3-7-17(8-4-15)22-21(24)23-18-9-13-20(14-10-18)25-19-11-5-16(2)6-12-19/h3-8,11-12,18,20H,9-10,13-14H2,1-2H3,(H2,22,23,24)/t18-,20-.